The van der Waals surface area contributed by atoms with E-state index < -0.39 is 5.82 Å². The molecule has 2 heterocycles. The first kappa shape index (κ1) is 13.8. The predicted molar refractivity (Wildman–Crippen MR) is 80.4 cm³/mol. The van der Waals surface area contributed by atoms with Crippen molar-refractivity contribution in [1.29, 1.82) is 0 Å². The van der Waals surface area contributed by atoms with Crippen LogP contribution < -0.4 is 16.0 Å². The molecule has 1 aliphatic heterocycles. The lowest BCUT2D eigenvalue weighted by molar-refractivity contribution is 0.631. The Morgan fingerprint density at radius 3 is 2.71 bits per heavy atom. The number of nitrogens with one attached hydrogen (secondary N) is 1. The molecular weight excluding hydrogens is 295 g/mol. The van der Waals surface area contributed by atoms with Crippen LogP contribution in [-0.2, 0) is 0 Å². The van der Waals surface area contributed by atoms with Crippen molar-refractivity contribution >= 4 is 35.1 Å². The first-order valence-electron chi connectivity index (χ1n) is 6.60. The summed E-state index contributed by atoms with van der Waals surface area (Å²) in [6.45, 7) is 1.77. The molecular formula is C13H14ClFN6. The number of nitrogen functional groups attached to an aromatic ring is 1. The summed E-state index contributed by atoms with van der Waals surface area (Å²) in [4.78, 5) is 14.4. The minimum atomic E-state index is -0.443. The third-order valence-corrected chi connectivity index (χ3v) is 3.44. The molecule has 1 fully saturated rings. The Kier molecular flexibility index (Phi) is 3.74. The molecule has 0 saturated carbocycles. The van der Waals surface area contributed by atoms with Crippen LogP contribution in [0.4, 0.5) is 27.9 Å². The van der Waals surface area contributed by atoms with Crippen molar-refractivity contribution in [2.24, 2.45) is 0 Å². The van der Waals surface area contributed by atoms with Gasteiger partial charge in [0.25, 0.3) is 0 Å². The molecule has 1 aliphatic rings. The van der Waals surface area contributed by atoms with Crippen LogP contribution in [0, 0.1) is 5.82 Å². The smallest absolute Gasteiger partial charge is 0.233 e. The fourth-order valence-corrected chi connectivity index (χ4v) is 2.38. The lowest BCUT2D eigenvalue weighted by Gasteiger charge is -2.16. The topological polar surface area (TPSA) is 80.0 Å². The maximum absolute atomic E-state index is 13.7. The second kappa shape index (κ2) is 5.69. The van der Waals surface area contributed by atoms with Gasteiger partial charge in [0, 0.05) is 18.1 Å². The SMILES string of the molecule is Nc1nc(Nc2cc(Cl)ccc2F)nc(N2CCCC2)n1. The summed E-state index contributed by atoms with van der Waals surface area (Å²) in [5.41, 5.74) is 5.89. The zero-order valence-corrected chi connectivity index (χ0v) is 11.9. The number of anilines is 4. The van der Waals surface area contributed by atoms with Gasteiger partial charge in [-0.15, -0.1) is 0 Å². The highest BCUT2D eigenvalue weighted by atomic mass is 35.5. The van der Waals surface area contributed by atoms with Crippen molar-refractivity contribution in [3.8, 4) is 0 Å². The van der Waals surface area contributed by atoms with E-state index in [9.17, 15) is 4.39 Å². The van der Waals surface area contributed by atoms with E-state index in [1.807, 2.05) is 4.90 Å². The van der Waals surface area contributed by atoms with Gasteiger partial charge in [-0.1, -0.05) is 11.6 Å². The van der Waals surface area contributed by atoms with E-state index in [2.05, 4.69) is 20.3 Å². The average molecular weight is 309 g/mol. The molecule has 1 aromatic heterocycles. The van der Waals surface area contributed by atoms with Gasteiger partial charge in [-0.25, -0.2) is 4.39 Å². The molecule has 0 bridgehead atoms. The summed E-state index contributed by atoms with van der Waals surface area (Å²) in [5, 5.41) is 3.21. The Labute approximate surface area is 126 Å². The Bertz CT molecular complexity index is 659. The fourth-order valence-electron chi connectivity index (χ4n) is 2.21. The van der Waals surface area contributed by atoms with Crippen LogP contribution in [0.3, 0.4) is 0 Å². The molecule has 8 heteroatoms. The number of nitrogens with two attached hydrogens (primary N) is 1. The van der Waals surface area contributed by atoms with Gasteiger partial charge in [0.15, 0.2) is 0 Å². The van der Waals surface area contributed by atoms with E-state index in [1.165, 1.54) is 18.2 Å². The van der Waals surface area contributed by atoms with E-state index in [0.29, 0.717) is 11.0 Å². The molecule has 3 N–H and O–H groups in total. The Morgan fingerprint density at radius 2 is 1.95 bits per heavy atom. The van der Waals surface area contributed by atoms with E-state index in [1.54, 1.807) is 0 Å². The summed E-state index contributed by atoms with van der Waals surface area (Å²) < 4.78 is 13.7. The van der Waals surface area contributed by atoms with E-state index in [0.717, 1.165) is 25.9 Å². The largest absolute Gasteiger partial charge is 0.368 e. The highest BCUT2D eigenvalue weighted by Crippen LogP contribution is 2.24. The number of hydrogen-bond acceptors (Lipinski definition) is 6. The third-order valence-electron chi connectivity index (χ3n) is 3.20. The van der Waals surface area contributed by atoms with Crippen LogP contribution in [-0.4, -0.2) is 28.0 Å². The van der Waals surface area contributed by atoms with Crippen molar-refractivity contribution in [3.63, 3.8) is 0 Å². The molecule has 21 heavy (non-hydrogen) atoms. The van der Waals surface area contributed by atoms with E-state index in [4.69, 9.17) is 17.3 Å². The number of benzene rings is 1. The Balaban J connectivity index is 1.89. The first-order chi connectivity index (χ1) is 10.1. The molecule has 2 aromatic rings. The van der Waals surface area contributed by atoms with Gasteiger partial charge in [0.2, 0.25) is 17.8 Å². The summed E-state index contributed by atoms with van der Waals surface area (Å²) in [6.07, 6.45) is 2.19. The van der Waals surface area contributed by atoms with E-state index >= 15 is 0 Å². The quantitative estimate of drug-likeness (QED) is 0.907. The first-order valence-corrected chi connectivity index (χ1v) is 6.98. The summed E-state index contributed by atoms with van der Waals surface area (Å²) >= 11 is 5.86. The van der Waals surface area contributed by atoms with Crippen LogP contribution in [0.25, 0.3) is 0 Å². The van der Waals surface area contributed by atoms with Crippen LogP contribution in [0.1, 0.15) is 12.8 Å². The third kappa shape index (κ3) is 3.13. The van der Waals surface area contributed by atoms with Crippen LogP contribution in [0.15, 0.2) is 18.2 Å². The van der Waals surface area contributed by atoms with Gasteiger partial charge in [0.1, 0.15) is 5.82 Å². The number of nitrogens with zero attached hydrogens (tertiary/aromatic N) is 4. The minimum Gasteiger partial charge on any atom is -0.368 e. The normalized spacial score (nSPS) is 14.5. The molecule has 0 spiro atoms. The molecule has 0 amide bonds. The summed E-state index contributed by atoms with van der Waals surface area (Å²) in [7, 11) is 0. The maximum atomic E-state index is 13.7. The predicted octanol–water partition coefficient (Wildman–Crippen LogP) is 2.59. The molecule has 6 nitrogen and oxygen atoms in total. The monoisotopic (exact) mass is 308 g/mol. The van der Waals surface area contributed by atoms with Gasteiger partial charge in [-0.2, -0.15) is 15.0 Å². The number of aromatic nitrogens is 3. The zero-order chi connectivity index (χ0) is 14.8. The van der Waals surface area contributed by atoms with Crippen molar-refractivity contribution in [2.75, 3.05) is 29.0 Å². The molecule has 1 saturated heterocycles. The zero-order valence-electron chi connectivity index (χ0n) is 11.2. The second-order valence-corrected chi connectivity index (χ2v) is 5.20. The maximum Gasteiger partial charge on any atom is 0.233 e. The molecule has 110 valence electrons. The molecule has 0 unspecified atom stereocenters. The lowest BCUT2D eigenvalue weighted by Crippen LogP contribution is -2.22. The highest BCUT2D eigenvalue weighted by Gasteiger charge is 2.17. The Hall–Kier alpha value is -2.15. The van der Waals surface area contributed by atoms with Crippen molar-refractivity contribution in [2.45, 2.75) is 12.8 Å². The van der Waals surface area contributed by atoms with Crippen LogP contribution >= 0.6 is 11.6 Å². The van der Waals surface area contributed by atoms with Crippen molar-refractivity contribution < 1.29 is 4.39 Å². The molecule has 0 radical (unpaired) electrons. The van der Waals surface area contributed by atoms with Gasteiger partial charge in [-0.3, -0.25) is 0 Å². The number of hydrogen-bond donors (Lipinski definition) is 2. The second-order valence-electron chi connectivity index (χ2n) is 4.76. The van der Waals surface area contributed by atoms with Crippen molar-refractivity contribution in [1.82, 2.24) is 15.0 Å². The van der Waals surface area contributed by atoms with Gasteiger partial charge >= 0.3 is 0 Å². The molecule has 0 aliphatic carbocycles. The standard InChI is InChI=1S/C13H14ClFN6/c14-8-3-4-9(15)10(7-8)17-12-18-11(16)19-13(20-12)21-5-1-2-6-21/h3-4,7H,1-2,5-6H2,(H3,16,17,18,19,20). The van der Waals surface area contributed by atoms with Crippen LogP contribution in [0.5, 0.6) is 0 Å². The Morgan fingerprint density at radius 1 is 1.19 bits per heavy atom. The lowest BCUT2D eigenvalue weighted by atomic mass is 10.3. The van der Waals surface area contributed by atoms with Gasteiger partial charge in [0.05, 0.1) is 5.69 Å². The highest BCUT2D eigenvalue weighted by molar-refractivity contribution is 6.30. The summed E-state index contributed by atoms with van der Waals surface area (Å²) in [6, 6.07) is 4.21. The number of rotatable bonds is 3. The van der Waals surface area contributed by atoms with Crippen molar-refractivity contribution in [3.05, 3.63) is 29.0 Å². The van der Waals surface area contributed by atoms with E-state index in [-0.39, 0.29) is 17.6 Å². The average Bonchev–Trinajstić information content (AvgIpc) is 2.96. The fraction of sp³-hybridized carbons (Fsp3) is 0.308. The minimum absolute atomic E-state index is 0.0943. The number of halogens is 2. The van der Waals surface area contributed by atoms with Gasteiger partial charge < -0.3 is 16.0 Å². The summed E-state index contributed by atoms with van der Waals surface area (Å²) in [5.74, 6) is 0.355. The molecule has 0 atom stereocenters. The van der Waals surface area contributed by atoms with Gasteiger partial charge in [-0.05, 0) is 31.0 Å². The molecule has 3 rings (SSSR count). The van der Waals surface area contributed by atoms with Crippen LogP contribution in [0.2, 0.25) is 5.02 Å². The molecule has 1 aromatic carbocycles.